The van der Waals surface area contributed by atoms with Crippen LogP contribution in [-0.2, 0) is 17.0 Å². The average Bonchev–Trinajstić information content (AvgIpc) is 2.65. The molecule has 0 saturated carbocycles. The predicted molar refractivity (Wildman–Crippen MR) is 120 cm³/mol. The number of halogens is 1. The molecule has 2 aliphatic rings. The van der Waals surface area contributed by atoms with Gasteiger partial charge in [0.05, 0.1) is 48.5 Å². The van der Waals surface area contributed by atoms with Crippen molar-refractivity contribution in [2.24, 2.45) is 10.9 Å². The highest BCUT2D eigenvalue weighted by molar-refractivity contribution is 14.1. The lowest BCUT2D eigenvalue weighted by atomic mass is 10.1. The number of hydrogen-bond acceptors (Lipinski definition) is 7. The number of ether oxygens (including phenoxy) is 1. The first-order chi connectivity index (χ1) is 13.5. The molecule has 2 aliphatic heterocycles. The van der Waals surface area contributed by atoms with Crippen molar-refractivity contribution in [1.29, 1.82) is 5.26 Å². The second kappa shape index (κ2) is 8.57. The van der Waals surface area contributed by atoms with Crippen molar-refractivity contribution in [3.8, 4) is 6.07 Å². The summed E-state index contributed by atoms with van der Waals surface area (Å²) in [6, 6.07) is 8.02. The molecule has 1 saturated heterocycles. The number of benzene rings is 1. The summed E-state index contributed by atoms with van der Waals surface area (Å²) >= 11 is 5.19. The molecule has 0 bridgehead atoms. The average molecular weight is 524 g/mol. The Balaban J connectivity index is 1.52. The highest BCUT2D eigenvalue weighted by atomic mass is 127. The minimum atomic E-state index is -0.104. The van der Waals surface area contributed by atoms with Crippen LogP contribution in [0.15, 0.2) is 39.1 Å². The minimum Gasteiger partial charge on any atom is -0.381 e. The SMILES string of the molecule is CC1N=C(SCc2ccc(I)cc2C#N)Sc2c1cnn(CC1COC1)c2=O. The van der Waals surface area contributed by atoms with Gasteiger partial charge in [0.2, 0.25) is 0 Å². The first kappa shape index (κ1) is 19.9. The number of aliphatic imine (C=N–C) groups is 1. The quantitative estimate of drug-likeness (QED) is 0.566. The molecule has 0 aliphatic carbocycles. The van der Waals surface area contributed by atoms with Gasteiger partial charge in [0.15, 0.2) is 0 Å². The van der Waals surface area contributed by atoms with Gasteiger partial charge in [-0.2, -0.15) is 10.4 Å². The first-order valence-corrected chi connectivity index (χ1v) is 11.7. The van der Waals surface area contributed by atoms with E-state index in [4.69, 9.17) is 9.73 Å². The molecule has 0 radical (unpaired) electrons. The molecule has 3 heterocycles. The molecule has 0 amide bonds. The second-order valence-corrected chi connectivity index (χ2v) is 10.2. The van der Waals surface area contributed by atoms with Gasteiger partial charge in [0.25, 0.3) is 5.56 Å². The number of rotatable bonds is 4. The highest BCUT2D eigenvalue weighted by Gasteiger charge is 2.26. The predicted octanol–water partition coefficient (Wildman–Crippen LogP) is 3.82. The molecule has 1 atom stereocenters. The van der Waals surface area contributed by atoms with E-state index in [1.54, 1.807) is 22.6 Å². The maximum Gasteiger partial charge on any atom is 0.281 e. The maximum absolute atomic E-state index is 12.9. The Morgan fingerprint density at radius 2 is 2.29 bits per heavy atom. The van der Waals surface area contributed by atoms with Gasteiger partial charge in [-0.25, -0.2) is 4.68 Å². The van der Waals surface area contributed by atoms with Crippen molar-refractivity contribution in [2.75, 3.05) is 13.2 Å². The van der Waals surface area contributed by atoms with Gasteiger partial charge in [-0.05, 0) is 47.2 Å². The molecular weight excluding hydrogens is 507 g/mol. The van der Waals surface area contributed by atoms with Crippen LogP contribution in [0.2, 0.25) is 0 Å². The third-order valence-corrected chi connectivity index (χ3v) is 7.62. The molecule has 28 heavy (non-hydrogen) atoms. The minimum absolute atomic E-state index is 0.0544. The van der Waals surface area contributed by atoms with Gasteiger partial charge in [-0.3, -0.25) is 9.79 Å². The van der Waals surface area contributed by atoms with E-state index in [1.165, 1.54) is 11.8 Å². The number of fused-ring (bicyclic) bond motifs is 1. The summed E-state index contributed by atoms with van der Waals surface area (Å²) in [6.45, 7) is 3.95. The molecule has 1 aromatic heterocycles. The van der Waals surface area contributed by atoms with Crippen molar-refractivity contribution in [1.82, 2.24) is 9.78 Å². The zero-order valence-corrected chi connectivity index (χ0v) is 18.9. The van der Waals surface area contributed by atoms with Gasteiger partial charge >= 0.3 is 0 Å². The summed E-state index contributed by atoms with van der Waals surface area (Å²) in [6.07, 6.45) is 1.77. The Labute approximate surface area is 184 Å². The third-order valence-electron chi connectivity index (χ3n) is 4.65. The Morgan fingerprint density at radius 3 is 3.00 bits per heavy atom. The van der Waals surface area contributed by atoms with E-state index >= 15 is 0 Å². The molecule has 4 rings (SSSR count). The lowest BCUT2D eigenvalue weighted by molar-refractivity contribution is -0.0415. The van der Waals surface area contributed by atoms with Crippen LogP contribution in [0.1, 0.15) is 29.7 Å². The standard InChI is InChI=1S/C19H17IN4O2S2/c1-11-16-6-22-24(7-12-8-26-9-12)18(25)17(16)28-19(23-11)27-10-13-2-3-15(20)4-14(13)5-21/h2-4,6,11-12H,7-10H2,1H3. The second-order valence-electron chi connectivity index (χ2n) is 6.69. The largest absolute Gasteiger partial charge is 0.381 e. The molecule has 9 heteroatoms. The van der Waals surface area contributed by atoms with Crippen LogP contribution in [0, 0.1) is 20.8 Å². The number of thioether (sulfide) groups is 2. The summed E-state index contributed by atoms with van der Waals surface area (Å²) in [5.74, 6) is 1.01. The molecule has 1 aromatic carbocycles. The third kappa shape index (κ3) is 4.15. The Kier molecular flexibility index (Phi) is 6.10. The monoisotopic (exact) mass is 524 g/mol. The van der Waals surface area contributed by atoms with E-state index in [0.29, 0.717) is 41.9 Å². The van der Waals surface area contributed by atoms with E-state index in [0.717, 1.165) is 19.1 Å². The zero-order chi connectivity index (χ0) is 19.7. The maximum atomic E-state index is 12.9. The molecule has 1 fully saturated rings. The Morgan fingerprint density at radius 1 is 1.46 bits per heavy atom. The number of nitrogens with zero attached hydrogens (tertiary/aromatic N) is 4. The molecular formula is C19H17IN4O2S2. The number of hydrogen-bond donors (Lipinski definition) is 0. The van der Waals surface area contributed by atoms with Crippen molar-refractivity contribution in [3.05, 3.63) is 55.0 Å². The van der Waals surface area contributed by atoms with E-state index in [2.05, 4.69) is 33.8 Å². The van der Waals surface area contributed by atoms with E-state index < -0.39 is 0 Å². The van der Waals surface area contributed by atoms with Crippen molar-refractivity contribution in [2.45, 2.75) is 30.2 Å². The molecule has 6 nitrogen and oxygen atoms in total. The highest BCUT2D eigenvalue weighted by Crippen LogP contribution is 2.38. The summed E-state index contributed by atoms with van der Waals surface area (Å²) in [4.78, 5) is 18.4. The smallest absolute Gasteiger partial charge is 0.281 e. The lowest BCUT2D eigenvalue weighted by Gasteiger charge is -2.26. The van der Waals surface area contributed by atoms with Crippen LogP contribution in [0.4, 0.5) is 0 Å². The van der Waals surface area contributed by atoms with Gasteiger partial charge in [-0.15, -0.1) is 0 Å². The van der Waals surface area contributed by atoms with Crippen LogP contribution in [0.25, 0.3) is 0 Å². The number of nitriles is 1. The summed E-state index contributed by atoms with van der Waals surface area (Å²) < 4.78 is 8.64. The fourth-order valence-corrected chi connectivity index (χ4v) is 5.81. The van der Waals surface area contributed by atoms with E-state index in [9.17, 15) is 10.1 Å². The van der Waals surface area contributed by atoms with Crippen molar-refractivity contribution < 1.29 is 4.74 Å². The Bertz CT molecular complexity index is 1040. The molecule has 0 N–H and O–H groups in total. The van der Waals surface area contributed by atoms with Crippen LogP contribution in [0.5, 0.6) is 0 Å². The normalized spacial score (nSPS) is 18.8. The fourth-order valence-electron chi connectivity index (χ4n) is 2.97. The van der Waals surface area contributed by atoms with Crippen molar-refractivity contribution >= 4 is 50.5 Å². The Hall–Kier alpha value is -1.35. The number of aromatic nitrogens is 2. The zero-order valence-electron chi connectivity index (χ0n) is 15.1. The molecule has 0 spiro atoms. The molecule has 144 valence electrons. The lowest BCUT2D eigenvalue weighted by Crippen LogP contribution is -2.37. The van der Waals surface area contributed by atoms with Crippen LogP contribution in [-0.4, -0.2) is 27.4 Å². The van der Waals surface area contributed by atoms with E-state index in [-0.39, 0.29) is 11.6 Å². The van der Waals surface area contributed by atoms with Crippen LogP contribution < -0.4 is 5.56 Å². The fraction of sp³-hybridized carbons (Fsp3) is 0.368. The van der Waals surface area contributed by atoms with Crippen LogP contribution in [0.3, 0.4) is 0 Å². The van der Waals surface area contributed by atoms with Gasteiger partial charge in [0.1, 0.15) is 4.38 Å². The van der Waals surface area contributed by atoms with Crippen molar-refractivity contribution in [3.63, 3.8) is 0 Å². The molecule has 2 aromatic rings. The summed E-state index contributed by atoms with van der Waals surface area (Å²) in [5.41, 5.74) is 2.49. The topological polar surface area (TPSA) is 80.3 Å². The van der Waals surface area contributed by atoms with E-state index in [1.807, 2.05) is 25.1 Å². The van der Waals surface area contributed by atoms with Gasteiger partial charge in [0, 0.05) is 20.8 Å². The van der Waals surface area contributed by atoms with Gasteiger partial charge in [-0.1, -0.05) is 29.6 Å². The molecule has 1 unspecified atom stereocenters. The summed E-state index contributed by atoms with van der Waals surface area (Å²) in [7, 11) is 0. The van der Waals surface area contributed by atoms with Crippen LogP contribution >= 0.6 is 46.1 Å². The summed E-state index contributed by atoms with van der Waals surface area (Å²) in [5, 5.41) is 13.7. The first-order valence-electron chi connectivity index (χ1n) is 8.80. The van der Waals surface area contributed by atoms with Gasteiger partial charge < -0.3 is 4.74 Å².